The first-order chi connectivity index (χ1) is 10.2. The summed E-state index contributed by atoms with van der Waals surface area (Å²) in [7, 11) is 0. The van der Waals surface area contributed by atoms with Crippen molar-refractivity contribution in [1.82, 2.24) is 14.8 Å². The highest BCUT2D eigenvalue weighted by Gasteiger charge is 2.08. The normalized spacial score (nSPS) is 10.6. The Bertz CT molecular complexity index is 649. The summed E-state index contributed by atoms with van der Waals surface area (Å²) < 4.78 is 1.43. The van der Waals surface area contributed by atoms with Crippen molar-refractivity contribution in [2.24, 2.45) is 5.73 Å². The lowest BCUT2D eigenvalue weighted by Crippen LogP contribution is -2.28. The van der Waals surface area contributed by atoms with Gasteiger partial charge in [0.15, 0.2) is 0 Å². The smallest absolute Gasteiger partial charge is 0.269 e. The van der Waals surface area contributed by atoms with Crippen LogP contribution in [0.3, 0.4) is 0 Å². The number of nitrogens with zero attached hydrogens (tertiary/aromatic N) is 4. The molecule has 6 nitrogen and oxygen atoms in total. The lowest BCUT2D eigenvalue weighted by molar-refractivity contribution is 0.629. The summed E-state index contributed by atoms with van der Waals surface area (Å²) in [6, 6.07) is 5.38. The van der Waals surface area contributed by atoms with Crippen molar-refractivity contribution in [3.8, 4) is 0 Å². The minimum Gasteiger partial charge on any atom is -0.371 e. The van der Waals surface area contributed by atoms with Gasteiger partial charge in [-0.15, -0.1) is 0 Å². The van der Waals surface area contributed by atoms with Gasteiger partial charge >= 0.3 is 0 Å². The third kappa shape index (κ3) is 3.46. The van der Waals surface area contributed by atoms with Crippen molar-refractivity contribution in [2.45, 2.75) is 26.9 Å². The molecular formula is C15H21N5O. The van der Waals surface area contributed by atoms with Gasteiger partial charge in [0.25, 0.3) is 5.56 Å². The Morgan fingerprint density at radius 1 is 1.33 bits per heavy atom. The Labute approximate surface area is 124 Å². The molecule has 0 saturated heterocycles. The fraction of sp³-hybridized carbons (Fsp3) is 0.400. The maximum absolute atomic E-state index is 12.2. The van der Waals surface area contributed by atoms with E-state index >= 15 is 0 Å². The summed E-state index contributed by atoms with van der Waals surface area (Å²) in [6.45, 7) is 6.54. The lowest BCUT2D eigenvalue weighted by Gasteiger charge is -2.20. The Kier molecular flexibility index (Phi) is 5.05. The molecule has 6 heteroatoms. The molecule has 112 valence electrons. The van der Waals surface area contributed by atoms with E-state index < -0.39 is 0 Å². The number of rotatable bonds is 6. The van der Waals surface area contributed by atoms with E-state index in [0.717, 1.165) is 30.0 Å². The van der Waals surface area contributed by atoms with Crippen molar-refractivity contribution >= 4 is 5.69 Å². The highest BCUT2D eigenvalue weighted by molar-refractivity contribution is 5.42. The number of nitrogens with two attached hydrogens (primary N) is 1. The van der Waals surface area contributed by atoms with E-state index in [4.69, 9.17) is 5.73 Å². The van der Waals surface area contributed by atoms with Gasteiger partial charge < -0.3 is 10.6 Å². The standard InChI is InChI=1S/C15H21N5O/c1-3-19(4-2)13-8-15(21)20(18-10-13)11-12-6-5-7-17-14(12)9-16/h5-8,10H,3-4,9,11,16H2,1-2H3. The maximum Gasteiger partial charge on any atom is 0.269 e. The van der Waals surface area contributed by atoms with Crippen LogP contribution in [0.4, 0.5) is 5.69 Å². The predicted octanol–water partition coefficient (Wildman–Crippen LogP) is 0.992. The first-order valence-corrected chi connectivity index (χ1v) is 7.14. The summed E-state index contributed by atoms with van der Waals surface area (Å²) >= 11 is 0. The average molecular weight is 287 g/mol. The van der Waals surface area contributed by atoms with Crippen LogP contribution in [0, 0.1) is 0 Å². The molecule has 2 heterocycles. The van der Waals surface area contributed by atoms with Gasteiger partial charge in [0, 0.05) is 31.9 Å². The van der Waals surface area contributed by atoms with E-state index in [-0.39, 0.29) is 5.56 Å². The van der Waals surface area contributed by atoms with E-state index in [2.05, 4.69) is 28.8 Å². The Hall–Kier alpha value is -2.21. The van der Waals surface area contributed by atoms with E-state index in [9.17, 15) is 4.79 Å². The first-order valence-electron chi connectivity index (χ1n) is 7.14. The van der Waals surface area contributed by atoms with Crippen molar-refractivity contribution in [1.29, 1.82) is 0 Å². The molecule has 0 aliphatic rings. The molecule has 2 N–H and O–H groups in total. The molecule has 0 unspecified atom stereocenters. The SMILES string of the molecule is CCN(CC)c1cnn(Cc2cccnc2CN)c(=O)c1. The zero-order chi connectivity index (χ0) is 15.2. The van der Waals surface area contributed by atoms with Crippen molar-refractivity contribution in [3.05, 3.63) is 52.2 Å². The van der Waals surface area contributed by atoms with Crippen LogP contribution in [0.2, 0.25) is 0 Å². The van der Waals surface area contributed by atoms with Gasteiger partial charge in [0.2, 0.25) is 0 Å². The fourth-order valence-corrected chi connectivity index (χ4v) is 2.26. The Morgan fingerprint density at radius 3 is 2.71 bits per heavy atom. The highest BCUT2D eigenvalue weighted by Crippen LogP contribution is 2.10. The van der Waals surface area contributed by atoms with Gasteiger partial charge in [-0.25, -0.2) is 4.68 Å². The molecular weight excluding hydrogens is 266 g/mol. The van der Waals surface area contributed by atoms with Crippen LogP contribution in [0.1, 0.15) is 25.1 Å². The first kappa shape index (κ1) is 15.2. The second-order valence-electron chi connectivity index (χ2n) is 4.70. The minimum atomic E-state index is -0.119. The van der Waals surface area contributed by atoms with Gasteiger partial charge in [0.05, 0.1) is 24.1 Å². The summed E-state index contributed by atoms with van der Waals surface area (Å²) in [4.78, 5) is 18.5. The molecule has 2 aromatic heterocycles. The molecule has 0 spiro atoms. The minimum absolute atomic E-state index is 0.119. The monoisotopic (exact) mass is 287 g/mol. The van der Waals surface area contributed by atoms with Gasteiger partial charge in [-0.3, -0.25) is 9.78 Å². The molecule has 0 aliphatic carbocycles. The second kappa shape index (κ2) is 6.99. The molecule has 0 amide bonds. The zero-order valence-electron chi connectivity index (χ0n) is 12.5. The third-order valence-electron chi connectivity index (χ3n) is 3.48. The molecule has 0 aromatic carbocycles. The molecule has 2 aromatic rings. The molecule has 2 rings (SSSR count). The molecule has 21 heavy (non-hydrogen) atoms. The molecule has 0 radical (unpaired) electrons. The Morgan fingerprint density at radius 2 is 2.10 bits per heavy atom. The second-order valence-corrected chi connectivity index (χ2v) is 4.70. The van der Waals surface area contributed by atoms with Crippen LogP contribution >= 0.6 is 0 Å². The molecule has 0 fully saturated rings. The van der Waals surface area contributed by atoms with Crippen LogP contribution < -0.4 is 16.2 Å². The molecule has 0 bridgehead atoms. The molecule has 0 atom stereocenters. The molecule has 0 aliphatic heterocycles. The Balaban J connectivity index is 2.28. The number of hydrogen-bond donors (Lipinski definition) is 1. The van der Waals surface area contributed by atoms with E-state index in [1.54, 1.807) is 18.5 Å². The highest BCUT2D eigenvalue weighted by atomic mass is 16.1. The zero-order valence-corrected chi connectivity index (χ0v) is 12.5. The molecule has 0 saturated carbocycles. The number of anilines is 1. The largest absolute Gasteiger partial charge is 0.371 e. The van der Waals surface area contributed by atoms with Crippen LogP contribution in [-0.4, -0.2) is 27.9 Å². The van der Waals surface area contributed by atoms with Gasteiger partial charge in [0.1, 0.15) is 0 Å². The van der Waals surface area contributed by atoms with Gasteiger partial charge in [-0.1, -0.05) is 6.07 Å². The number of pyridine rings is 1. The summed E-state index contributed by atoms with van der Waals surface area (Å²) in [5.74, 6) is 0. The van der Waals surface area contributed by atoms with Gasteiger partial charge in [-0.05, 0) is 25.5 Å². The third-order valence-corrected chi connectivity index (χ3v) is 3.48. The van der Waals surface area contributed by atoms with E-state index in [0.29, 0.717) is 13.1 Å². The number of aromatic nitrogens is 3. The lowest BCUT2D eigenvalue weighted by atomic mass is 10.2. The van der Waals surface area contributed by atoms with Crippen molar-refractivity contribution in [3.63, 3.8) is 0 Å². The maximum atomic E-state index is 12.2. The quantitative estimate of drug-likeness (QED) is 0.857. The van der Waals surface area contributed by atoms with Crippen LogP contribution in [0.15, 0.2) is 35.4 Å². The van der Waals surface area contributed by atoms with E-state index in [1.165, 1.54) is 4.68 Å². The fourth-order valence-electron chi connectivity index (χ4n) is 2.26. The summed E-state index contributed by atoms with van der Waals surface area (Å²) in [5, 5.41) is 4.26. The van der Waals surface area contributed by atoms with E-state index in [1.807, 2.05) is 12.1 Å². The average Bonchev–Trinajstić information content (AvgIpc) is 2.51. The van der Waals surface area contributed by atoms with Crippen LogP contribution in [-0.2, 0) is 13.1 Å². The van der Waals surface area contributed by atoms with Gasteiger partial charge in [-0.2, -0.15) is 5.10 Å². The van der Waals surface area contributed by atoms with Crippen molar-refractivity contribution < 1.29 is 0 Å². The number of hydrogen-bond acceptors (Lipinski definition) is 5. The topological polar surface area (TPSA) is 77.0 Å². The van der Waals surface area contributed by atoms with Crippen LogP contribution in [0.5, 0.6) is 0 Å². The van der Waals surface area contributed by atoms with Crippen LogP contribution in [0.25, 0.3) is 0 Å². The summed E-state index contributed by atoms with van der Waals surface area (Å²) in [6.07, 6.45) is 3.43. The predicted molar refractivity (Wildman–Crippen MR) is 83.3 cm³/mol. The summed E-state index contributed by atoms with van der Waals surface area (Å²) in [5.41, 5.74) is 8.11. The van der Waals surface area contributed by atoms with Crippen molar-refractivity contribution in [2.75, 3.05) is 18.0 Å².